The van der Waals surface area contributed by atoms with Crippen LogP contribution in [0.1, 0.15) is 4.88 Å². The fourth-order valence-corrected chi connectivity index (χ4v) is 3.04. The third kappa shape index (κ3) is 2.57. The van der Waals surface area contributed by atoms with Crippen molar-refractivity contribution in [3.63, 3.8) is 0 Å². The molecule has 0 aliphatic heterocycles. The first-order chi connectivity index (χ1) is 9.52. The van der Waals surface area contributed by atoms with Gasteiger partial charge in [0.15, 0.2) is 0 Å². The molecule has 0 aliphatic carbocycles. The van der Waals surface area contributed by atoms with Gasteiger partial charge in [-0.25, -0.2) is 9.37 Å². The van der Waals surface area contributed by atoms with Crippen molar-refractivity contribution < 1.29 is 4.39 Å². The van der Waals surface area contributed by atoms with E-state index in [4.69, 9.17) is 23.2 Å². The first kappa shape index (κ1) is 13.5. The molecule has 0 radical (unpaired) electrons. The van der Waals surface area contributed by atoms with Crippen LogP contribution >= 0.6 is 34.5 Å². The Labute approximate surface area is 128 Å². The van der Waals surface area contributed by atoms with Gasteiger partial charge >= 0.3 is 0 Å². The highest BCUT2D eigenvalue weighted by molar-refractivity contribution is 7.18. The average Bonchev–Trinajstić information content (AvgIpc) is 2.74. The van der Waals surface area contributed by atoms with Gasteiger partial charge in [0.2, 0.25) is 5.28 Å². The zero-order valence-corrected chi connectivity index (χ0v) is 12.6. The summed E-state index contributed by atoms with van der Waals surface area (Å²) in [6.45, 7) is 1.98. The van der Waals surface area contributed by atoms with Crippen molar-refractivity contribution in [2.45, 2.75) is 6.92 Å². The Morgan fingerprint density at radius 1 is 1.20 bits per heavy atom. The summed E-state index contributed by atoms with van der Waals surface area (Å²) in [6.07, 6.45) is 0. The molecule has 0 aliphatic rings. The molecule has 2 aromatic heterocycles. The van der Waals surface area contributed by atoms with Gasteiger partial charge in [-0.05, 0) is 42.8 Å². The van der Waals surface area contributed by atoms with Crippen LogP contribution in [-0.4, -0.2) is 9.97 Å². The molecular formula is C13H8Cl2FN3S. The zero-order chi connectivity index (χ0) is 14.3. The van der Waals surface area contributed by atoms with Gasteiger partial charge in [-0.15, -0.1) is 11.3 Å². The minimum Gasteiger partial charge on any atom is -0.339 e. The van der Waals surface area contributed by atoms with Crippen LogP contribution in [0.2, 0.25) is 10.3 Å². The van der Waals surface area contributed by atoms with Crippen LogP contribution in [-0.2, 0) is 0 Å². The van der Waals surface area contributed by atoms with Crippen molar-refractivity contribution in [2.24, 2.45) is 0 Å². The van der Waals surface area contributed by atoms with Crippen LogP contribution in [0, 0.1) is 12.7 Å². The van der Waals surface area contributed by atoms with E-state index >= 15 is 0 Å². The molecule has 0 atom stereocenters. The van der Waals surface area contributed by atoms with Crippen molar-refractivity contribution in [3.05, 3.63) is 45.3 Å². The number of thiophene rings is 1. The second-order valence-corrected chi connectivity index (χ2v) is 6.15. The second kappa shape index (κ2) is 5.16. The molecule has 0 spiro atoms. The average molecular weight is 328 g/mol. The lowest BCUT2D eigenvalue weighted by molar-refractivity contribution is 0.629. The zero-order valence-electron chi connectivity index (χ0n) is 10.2. The van der Waals surface area contributed by atoms with Crippen LogP contribution in [0.3, 0.4) is 0 Å². The number of hydrogen-bond donors (Lipinski definition) is 1. The van der Waals surface area contributed by atoms with Crippen LogP contribution in [0.25, 0.3) is 10.2 Å². The number of aryl methyl sites for hydroxylation is 1. The molecule has 3 aromatic rings. The lowest BCUT2D eigenvalue weighted by Crippen LogP contribution is -1.96. The maximum absolute atomic E-state index is 13.5. The Bertz CT molecular complexity index is 804. The molecule has 0 amide bonds. The van der Waals surface area contributed by atoms with Crippen molar-refractivity contribution >= 4 is 56.3 Å². The predicted molar refractivity (Wildman–Crippen MR) is 81.9 cm³/mol. The number of nitrogens with one attached hydrogen (secondary N) is 1. The summed E-state index contributed by atoms with van der Waals surface area (Å²) < 4.78 is 13.5. The highest BCUT2D eigenvalue weighted by atomic mass is 35.5. The number of hydrogen-bond acceptors (Lipinski definition) is 4. The lowest BCUT2D eigenvalue weighted by Gasteiger charge is -2.07. The second-order valence-electron chi connectivity index (χ2n) is 4.17. The fraction of sp³-hybridized carbons (Fsp3) is 0.0769. The molecular weight excluding hydrogens is 320 g/mol. The van der Waals surface area contributed by atoms with Crippen molar-refractivity contribution in [1.29, 1.82) is 0 Å². The minimum atomic E-state index is -0.491. The molecule has 0 saturated heterocycles. The third-order valence-electron chi connectivity index (χ3n) is 2.67. The maximum Gasteiger partial charge on any atom is 0.225 e. The minimum absolute atomic E-state index is 0.0767. The van der Waals surface area contributed by atoms with Gasteiger partial charge in [0.25, 0.3) is 0 Å². The first-order valence-corrected chi connectivity index (χ1v) is 7.26. The maximum atomic E-state index is 13.5. The van der Waals surface area contributed by atoms with E-state index in [1.165, 1.54) is 23.5 Å². The molecule has 0 unspecified atom stereocenters. The first-order valence-electron chi connectivity index (χ1n) is 5.69. The van der Waals surface area contributed by atoms with Crippen molar-refractivity contribution in [1.82, 2.24) is 9.97 Å². The topological polar surface area (TPSA) is 37.8 Å². The Morgan fingerprint density at radius 2 is 2.00 bits per heavy atom. The SMILES string of the molecule is Cc1cc2c(Nc3ccc(Cl)c(F)c3)nc(Cl)nc2s1. The van der Waals surface area contributed by atoms with E-state index in [-0.39, 0.29) is 10.3 Å². The monoisotopic (exact) mass is 327 g/mol. The molecule has 102 valence electrons. The number of aromatic nitrogens is 2. The summed E-state index contributed by atoms with van der Waals surface area (Å²) in [7, 11) is 0. The summed E-state index contributed by atoms with van der Waals surface area (Å²) in [5, 5.41) is 4.12. The van der Waals surface area contributed by atoms with Gasteiger partial charge in [0.1, 0.15) is 16.5 Å². The summed E-state index contributed by atoms with van der Waals surface area (Å²) in [4.78, 5) is 10.2. The van der Waals surface area contributed by atoms with Gasteiger partial charge in [0.05, 0.1) is 10.4 Å². The van der Waals surface area contributed by atoms with E-state index in [1.807, 2.05) is 13.0 Å². The number of nitrogens with zero attached hydrogens (tertiary/aromatic N) is 2. The molecule has 1 N–H and O–H groups in total. The molecule has 3 rings (SSSR count). The lowest BCUT2D eigenvalue weighted by atomic mass is 10.3. The van der Waals surface area contributed by atoms with E-state index in [2.05, 4.69) is 15.3 Å². The van der Waals surface area contributed by atoms with Crippen LogP contribution < -0.4 is 5.32 Å². The molecule has 0 saturated carbocycles. The van der Waals surface area contributed by atoms with E-state index in [1.54, 1.807) is 6.07 Å². The largest absolute Gasteiger partial charge is 0.339 e. The Kier molecular flexibility index (Phi) is 3.50. The van der Waals surface area contributed by atoms with Gasteiger partial charge in [-0.3, -0.25) is 0 Å². The Morgan fingerprint density at radius 3 is 2.75 bits per heavy atom. The van der Waals surface area contributed by atoms with Gasteiger partial charge < -0.3 is 5.32 Å². The smallest absolute Gasteiger partial charge is 0.225 e. The standard InChI is InChI=1S/C13H8Cl2FN3S/c1-6-4-8-11(18-13(15)19-12(8)20-6)17-7-2-3-9(14)10(16)5-7/h2-5H,1H3,(H,17,18,19). The van der Waals surface area contributed by atoms with Crippen LogP contribution in [0.15, 0.2) is 24.3 Å². The molecule has 7 heteroatoms. The van der Waals surface area contributed by atoms with Crippen molar-refractivity contribution in [2.75, 3.05) is 5.32 Å². The van der Waals surface area contributed by atoms with Gasteiger partial charge in [-0.2, -0.15) is 4.98 Å². The van der Waals surface area contributed by atoms with E-state index in [0.29, 0.717) is 11.5 Å². The normalized spacial score (nSPS) is 11.0. The number of anilines is 2. The Hall–Kier alpha value is -1.43. The molecule has 20 heavy (non-hydrogen) atoms. The molecule has 0 bridgehead atoms. The van der Waals surface area contributed by atoms with Gasteiger partial charge in [-0.1, -0.05) is 11.6 Å². The summed E-state index contributed by atoms with van der Waals surface area (Å²) >= 11 is 13.1. The van der Waals surface area contributed by atoms with Gasteiger partial charge in [0, 0.05) is 10.6 Å². The quantitative estimate of drug-likeness (QED) is 0.658. The van der Waals surface area contributed by atoms with E-state index < -0.39 is 5.82 Å². The summed E-state index contributed by atoms with van der Waals surface area (Å²) in [5.74, 6) is 0.0561. The third-order valence-corrected chi connectivity index (χ3v) is 4.09. The summed E-state index contributed by atoms with van der Waals surface area (Å²) in [6, 6.07) is 6.43. The molecule has 0 fully saturated rings. The van der Waals surface area contributed by atoms with Crippen LogP contribution in [0.4, 0.5) is 15.9 Å². The fourth-order valence-electron chi connectivity index (χ4n) is 1.82. The Balaban J connectivity index is 2.07. The van der Waals surface area contributed by atoms with Crippen molar-refractivity contribution in [3.8, 4) is 0 Å². The molecule has 3 nitrogen and oxygen atoms in total. The summed E-state index contributed by atoms with van der Waals surface area (Å²) in [5.41, 5.74) is 0.548. The van der Waals surface area contributed by atoms with Crippen LogP contribution in [0.5, 0.6) is 0 Å². The highest BCUT2D eigenvalue weighted by Crippen LogP contribution is 2.31. The number of fused-ring (bicyclic) bond motifs is 1. The number of rotatable bonds is 2. The number of halogens is 3. The predicted octanol–water partition coefficient (Wildman–Crippen LogP) is 5.19. The number of benzene rings is 1. The molecule has 2 heterocycles. The molecule has 1 aromatic carbocycles. The van der Waals surface area contributed by atoms with E-state index in [9.17, 15) is 4.39 Å². The highest BCUT2D eigenvalue weighted by Gasteiger charge is 2.10. The van der Waals surface area contributed by atoms with E-state index in [0.717, 1.165) is 15.1 Å².